The minimum Gasteiger partial charge on any atom is -0.437 e. The first-order chi connectivity index (χ1) is 7.25. The van der Waals surface area contributed by atoms with E-state index >= 15 is 0 Å². The molecule has 0 unspecified atom stereocenters. The highest BCUT2D eigenvalue weighted by Gasteiger charge is 2.02. The molecule has 0 aliphatic carbocycles. The van der Waals surface area contributed by atoms with E-state index in [0.717, 1.165) is 5.69 Å². The molecule has 4 nitrogen and oxygen atoms in total. The van der Waals surface area contributed by atoms with Crippen LogP contribution in [0.3, 0.4) is 0 Å². The molecular formula is C11H11N3O. The monoisotopic (exact) mass is 201 g/mol. The Hall–Kier alpha value is -2.10. The zero-order valence-corrected chi connectivity index (χ0v) is 8.34. The molecule has 1 aromatic carbocycles. The fourth-order valence-electron chi connectivity index (χ4n) is 1.18. The van der Waals surface area contributed by atoms with Gasteiger partial charge in [0.1, 0.15) is 5.75 Å². The normalized spacial score (nSPS) is 9.93. The summed E-state index contributed by atoms with van der Waals surface area (Å²) in [7, 11) is 0. The van der Waals surface area contributed by atoms with Crippen LogP contribution in [0.5, 0.6) is 11.6 Å². The average molecular weight is 201 g/mol. The molecule has 0 bridgehead atoms. The van der Waals surface area contributed by atoms with Crippen LogP contribution in [0.1, 0.15) is 5.69 Å². The second-order valence-corrected chi connectivity index (χ2v) is 3.12. The second kappa shape index (κ2) is 3.96. The van der Waals surface area contributed by atoms with Crippen molar-refractivity contribution in [2.24, 2.45) is 0 Å². The summed E-state index contributed by atoms with van der Waals surface area (Å²) in [6.45, 7) is 1.84. The van der Waals surface area contributed by atoms with E-state index in [1.165, 1.54) is 0 Å². The lowest BCUT2D eigenvalue weighted by Crippen LogP contribution is -1.93. The van der Waals surface area contributed by atoms with Gasteiger partial charge in [-0.05, 0) is 19.1 Å². The minimum absolute atomic E-state index is 0.503. The lowest BCUT2D eigenvalue weighted by molar-refractivity contribution is 0.455. The second-order valence-electron chi connectivity index (χ2n) is 3.12. The van der Waals surface area contributed by atoms with Crippen molar-refractivity contribution in [3.8, 4) is 11.6 Å². The van der Waals surface area contributed by atoms with Gasteiger partial charge in [0.15, 0.2) is 0 Å². The topological polar surface area (TPSA) is 61.0 Å². The van der Waals surface area contributed by atoms with Gasteiger partial charge in [0.05, 0.1) is 5.69 Å². The zero-order valence-electron chi connectivity index (χ0n) is 8.34. The number of nitrogens with zero attached hydrogens (tertiary/aromatic N) is 2. The van der Waals surface area contributed by atoms with Gasteiger partial charge in [-0.15, -0.1) is 0 Å². The van der Waals surface area contributed by atoms with Crippen LogP contribution < -0.4 is 10.5 Å². The molecule has 2 rings (SSSR count). The van der Waals surface area contributed by atoms with Gasteiger partial charge >= 0.3 is 0 Å². The summed E-state index contributed by atoms with van der Waals surface area (Å²) in [6, 6.07) is 7.20. The quantitative estimate of drug-likeness (QED) is 0.756. The molecule has 15 heavy (non-hydrogen) atoms. The summed E-state index contributed by atoms with van der Waals surface area (Å²) in [5.41, 5.74) is 7.05. The van der Waals surface area contributed by atoms with Gasteiger partial charge in [0.25, 0.3) is 0 Å². The fourth-order valence-corrected chi connectivity index (χ4v) is 1.18. The Labute approximate surface area is 87.7 Å². The van der Waals surface area contributed by atoms with E-state index in [-0.39, 0.29) is 0 Å². The number of nitrogen functional groups attached to an aromatic ring is 1. The van der Waals surface area contributed by atoms with E-state index in [2.05, 4.69) is 9.97 Å². The molecule has 0 saturated heterocycles. The fraction of sp³-hybridized carbons (Fsp3) is 0.0909. The van der Waals surface area contributed by atoms with E-state index in [0.29, 0.717) is 17.3 Å². The van der Waals surface area contributed by atoms with Crippen molar-refractivity contribution in [1.29, 1.82) is 0 Å². The minimum atomic E-state index is 0.503. The average Bonchev–Trinajstić information content (AvgIpc) is 2.22. The first kappa shape index (κ1) is 9.45. The molecule has 1 aromatic heterocycles. The first-order valence-electron chi connectivity index (χ1n) is 4.57. The molecule has 0 aliphatic rings. The molecule has 0 amide bonds. The standard InChI is InChI=1S/C11H11N3O/c1-8-11(14-6-5-13-8)15-10-4-2-3-9(12)7-10/h2-7H,12H2,1H3. The van der Waals surface area contributed by atoms with Crippen LogP contribution in [-0.4, -0.2) is 9.97 Å². The SMILES string of the molecule is Cc1nccnc1Oc1cccc(N)c1. The molecule has 1 heterocycles. The third-order valence-corrected chi connectivity index (χ3v) is 1.91. The Morgan fingerprint density at radius 2 is 2.00 bits per heavy atom. The van der Waals surface area contributed by atoms with Gasteiger partial charge in [-0.3, -0.25) is 4.98 Å². The van der Waals surface area contributed by atoms with Gasteiger partial charge in [0.2, 0.25) is 5.88 Å². The summed E-state index contributed by atoms with van der Waals surface area (Å²) >= 11 is 0. The van der Waals surface area contributed by atoms with Crippen LogP contribution in [0.4, 0.5) is 5.69 Å². The maximum absolute atomic E-state index is 5.63. The number of rotatable bonds is 2. The largest absolute Gasteiger partial charge is 0.437 e. The summed E-state index contributed by atoms with van der Waals surface area (Å²) in [4.78, 5) is 8.16. The maximum atomic E-state index is 5.63. The van der Waals surface area contributed by atoms with Crippen molar-refractivity contribution in [3.05, 3.63) is 42.4 Å². The third-order valence-electron chi connectivity index (χ3n) is 1.91. The number of aryl methyl sites for hydroxylation is 1. The van der Waals surface area contributed by atoms with E-state index < -0.39 is 0 Å². The summed E-state index contributed by atoms with van der Waals surface area (Å²) in [6.07, 6.45) is 3.22. The number of anilines is 1. The van der Waals surface area contributed by atoms with Crippen molar-refractivity contribution in [1.82, 2.24) is 9.97 Å². The lowest BCUT2D eigenvalue weighted by atomic mass is 10.3. The molecule has 0 aliphatic heterocycles. The smallest absolute Gasteiger partial charge is 0.240 e. The molecule has 0 radical (unpaired) electrons. The number of nitrogens with two attached hydrogens (primary N) is 1. The molecule has 0 atom stereocenters. The highest BCUT2D eigenvalue weighted by Crippen LogP contribution is 2.22. The van der Waals surface area contributed by atoms with Crippen molar-refractivity contribution < 1.29 is 4.74 Å². The van der Waals surface area contributed by atoms with Crippen LogP contribution in [-0.2, 0) is 0 Å². The van der Waals surface area contributed by atoms with Gasteiger partial charge in [-0.1, -0.05) is 6.07 Å². The summed E-state index contributed by atoms with van der Waals surface area (Å²) in [5.74, 6) is 1.17. The summed E-state index contributed by atoms with van der Waals surface area (Å²) < 4.78 is 5.54. The molecule has 2 aromatic rings. The lowest BCUT2D eigenvalue weighted by Gasteiger charge is -2.06. The predicted octanol–water partition coefficient (Wildman–Crippen LogP) is 2.16. The molecular weight excluding hydrogens is 190 g/mol. The first-order valence-corrected chi connectivity index (χ1v) is 4.57. The number of ether oxygens (including phenoxy) is 1. The van der Waals surface area contributed by atoms with Gasteiger partial charge in [0, 0.05) is 24.1 Å². The van der Waals surface area contributed by atoms with Crippen LogP contribution in [0.2, 0.25) is 0 Å². The Morgan fingerprint density at radius 3 is 2.73 bits per heavy atom. The van der Waals surface area contributed by atoms with E-state index in [1.807, 2.05) is 19.1 Å². The Morgan fingerprint density at radius 1 is 1.20 bits per heavy atom. The molecule has 0 spiro atoms. The zero-order chi connectivity index (χ0) is 10.7. The van der Waals surface area contributed by atoms with Crippen LogP contribution in [0, 0.1) is 6.92 Å². The van der Waals surface area contributed by atoms with Crippen LogP contribution >= 0.6 is 0 Å². The van der Waals surface area contributed by atoms with Gasteiger partial charge < -0.3 is 10.5 Å². The Balaban J connectivity index is 2.26. The van der Waals surface area contributed by atoms with E-state index in [1.54, 1.807) is 24.5 Å². The summed E-state index contributed by atoms with van der Waals surface area (Å²) in [5, 5.41) is 0. The highest BCUT2D eigenvalue weighted by atomic mass is 16.5. The number of hydrogen-bond acceptors (Lipinski definition) is 4. The number of benzene rings is 1. The Bertz CT molecular complexity index is 471. The van der Waals surface area contributed by atoms with Crippen molar-refractivity contribution in [2.45, 2.75) is 6.92 Å². The van der Waals surface area contributed by atoms with E-state index in [4.69, 9.17) is 10.5 Å². The van der Waals surface area contributed by atoms with E-state index in [9.17, 15) is 0 Å². The van der Waals surface area contributed by atoms with Gasteiger partial charge in [-0.25, -0.2) is 4.98 Å². The van der Waals surface area contributed by atoms with Crippen LogP contribution in [0.15, 0.2) is 36.7 Å². The maximum Gasteiger partial charge on any atom is 0.240 e. The number of aromatic nitrogens is 2. The van der Waals surface area contributed by atoms with Crippen molar-refractivity contribution >= 4 is 5.69 Å². The van der Waals surface area contributed by atoms with Crippen molar-refractivity contribution in [2.75, 3.05) is 5.73 Å². The van der Waals surface area contributed by atoms with Crippen LogP contribution in [0.25, 0.3) is 0 Å². The molecule has 0 saturated carbocycles. The molecule has 2 N–H and O–H groups in total. The predicted molar refractivity (Wildman–Crippen MR) is 57.7 cm³/mol. The highest BCUT2D eigenvalue weighted by molar-refractivity contribution is 5.44. The van der Waals surface area contributed by atoms with Crippen molar-refractivity contribution in [3.63, 3.8) is 0 Å². The van der Waals surface area contributed by atoms with Gasteiger partial charge in [-0.2, -0.15) is 0 Å². The third kappa shape index (κ3) is 2.22. The Kier molecular flexibility index (Phi) is 2.49. The number of hydrogen-bond donors (Lipinski definition) is 1. The molecule has 0 fully saturated rings. The molecule has 4 heteroatoms. The molecule has 76 valence electrons.